The van der Waals surface area contributed by atoms with Gasteiger partial charge < -0.3 is 28.5 Å². The minimum atomic E-state index is -0.946. The molecule has 0 spiro atoms. The molecule has 3 unspecified atom stereocenters. The van der Waals surface area contributed by atoms with Crippen molar-refractivity contribution in [3.8, 4) is 0 Å². The number of aromatic nitrogens is 2. The number of esters is 2. The molecule has 0 bridgehead atoms. The number of benzene rings is 3. The number of carbonyl (C=O) groups is 4. The molecule has 1 aromatic heterocycles. The molecule has 3 aromatic carbocycles. The predicted molar refractivity (Wildman–Crippen MR) is 204 cm³/mol. The quantitative estimate of drug-likeness (QED) is 0.0881. The summed E-state index contributed by atoms with van der Waals surface area (Å²) in [4.78, 5) is 75.0. The lowest BCUT2D eigenvalue weighted by molar-refractivity contribution is -0.159. The van der Waals surface area contributed by atoms with E-state index in [1.54, 1.807) is 0 Å². The van der Waals surface area contributed by atoms with Crippen molar-refractivity contribution >= 4 is 51.1 Å². The molecule has 1 N–H and O–H groups in total. The average Bonchev–Trinajstić information content (AvgIpc) is 3.53. The zero-order chi connectivity index (χ0) is 38.6. The van der Waals surface area contributed by atoms with Gasteiger partial charge in [-0.3, -0.25) is 23.9 Å². The van der Waals surface area contributed by atoms with Gasteiger partial charge in [0.05, 0.1) is 25.0 Å². The van der Waals surface area contributed by atoms with Crippen LogP contribution in [0.3, 0.4) is 0 Å². The maximum Gasteiger partial charge on any atom is 0.330 e. The van der Waals surface area contributed by atoms with Crippen molar-refractivity contribution in [1.29, 1.82) is 0 Å². The van der Waals surface area contributed by atoms with E-state index in [0.29, 0.717) is 6.61 Å². The van der Waals surface area contributed by atoms with Crippen LogP contribution in [0.25, 0.3) is 27.6 Å². The highest BCUT2D eigenvalue weighted by Gasteiger charge is 2.40. The van der Waals surface area contributed by atoms with Crippen LogP contribution in [-0.4, -0.2) is 58.5 Å². The Hall–Kier alpha value is -4.94. The molecule has 3 atom stereocenters. The number of nitrogens with zero attached hydrogens (tertiary/aromatic N) is 1. The number of hydrogen-bond acceptors (Lipinski definition) is 10. The molecular weight excluding hydrogens is 692 g/mol. The zero-order valence-electron chi connectivity index (χ0n) is 31.4. The van der Waals surface area contributed by atoms with Crippen molar-refractivity contribution in [1.82, 2.24) is 9.55 Å². The molecule has 12 nitrogen and oxygen atoms in total. The summed E-state index contributed by atoms with van der Waals surface area (Å²) < 4.78 is 23.8. The largest absolute Gasteiger partial charge is 0.463 e. The van der Waals surface area contributed by atoms with E-state index in [1.807, 2.05) is 0 Å². The highest BCUT2D eigenvalue weighted by Crippen LogP contribution is 2.31. The SMILES string of the molecule is CC(=O)CCC(=O)OCC1OC(n2cc(COCCCCCCCC=c3ccc4cccc5ccc(C)c3c54)c(=O)[nH]c2=O)CC1OC(=O)CCC(C)=O. The number of hydrogen-bond donors (Lipinski definition) is 1. The van der Waals surface area contributed by atoms with Crippen LogP contribution < -0.4 is 16.5 Å². The van der Waals surface area contributed by atoms with Gasteiger partial charge in [0.1, 0.15) is 36.6 Å². The maximum atomic E-state index is 12.8. The number of nitrogens with one attached hydrogen (secondary N) is 1. The van der Waals surface area contributed by atoms with Gasteiger partial charge in [0.15, 0.2) is 0 Å². The Labute approximate surface area is 313 Å². The third kappa shape index (κ3) is 11.0. The molecular formula is C42H50N2O10. The van der Waals surface area contributed by atoms with Crippen molar-refractivity contribution in [2.24, 2.45) is 0 Å². The summed E-state index contributed by atoms with van der Waals surface area (Å²) in [6.07, 6.45) is 6.86. The van der Waals surface area contributed by atoms with Gasteiger partial charge in [-0.2, -0.15) is 0 Å². The second kappa shape index (κ2) is 19.4. The average molecular weight is 743 g/mol. The van der Waals surface area contributed by atoms with Crippen molar-refractivity contribution in [2.75, 3.05) is 13.2 Å². The van der Waals surface area contributed by atoms with Gasteiger partial charge in [0, 0.05) is 32.1 Å². The number of aryl methyl sites for hydroxylation is 1. The molecule has 0 aliphatic carbocycles. The standard InChI is InChI=1S/C42H50N2O10/c1-27-14-17-31-12-10-13-32-19-18-30(39(27)40(31)32)11-8-6-4-5-7-9-22-51-25-33-24-44(42(50)43-41(33)49)36-23-34(54-38(48)21-16-29(3)46)35(53-36)26-52-37(47)20-15-28(2)45/h10-14,17-19,24,34-36H,4-9,15-16,20-23,25-26H2,1-3H3,(H,43,49,50). The molecule has 4 aromatic rings. The highest BCUT2D eigenvalue weighted by atomic mass is 16.6. The van der Waals surface area contributed by atoms with Gasteiger partial charge in [-0.05, 0) is 72.4 Å². The van der Waals surface area contributed by atoms with E-state index in [4.69, 9.17) is 18.9 Å². The minimum absolute atomic E-state index is 0.00711. The zero-order valence-corrected chi connectivity index (χ0v) is 31.4. The fourth-order valence-corrected chi connectivity index (χ4v) is 6.79. The molecule has 0 amide bonds. The first kappa shape index (κ1) is 40.2. The van der Waals surface area contributed by atoms with Crippen molar-refractivity contribution in [3.63, 3.8) is 0 Å². The number of ether oxygens (including phenoxy) is 4. The van der Waals surface area contributed by atoms with Crippen molar-refractivity contribution in [3.05, 3.63) is 85.8 Å². The molecule has 5 rings (SSSR count). The summed E-state index contributed by atoms with van der Waals surface area (Å²) in [5, 5.41) is 6.50. The molecule has 288 valence electrons. The van der Waals surface area contributed by atoms with Crippen LogP contribution in [0.15, 0.2) is 58.3 Å². The lowest BCUT2D eigenvalue weighted by Crippen LogP contribution is -2.34. The number of aromatic amines is 1. The number of unbranched alkanes of at least 4 members (excludes halogenated alkanes) is 5. The van der Waals surface area contributed by atoms with Crippen molar-refractivity contribution < 1.29 is 38.1 Å². The van der Waals surface area contributed by atoms with E-state index >= 15 is 0 Å². The normalized spacial score (nSPS) is 17.3. The van der Waals surface area contributed by atoms with E-state index < -0.39 is 41.6 Å². The van der Waals surface area contributed by atoms with Crippen molar-refractivity contribution in [2.45, 2.75) is 116 Å². The number of ketones is 2. The van der Waals surface area contributed by atoms with Gasteiger partial charge in [-0.25, -0.2) is 4.79 Å². The number of carbonyl (C=O) groups excluding carboxylic acids is 4. The second-order valence-corrected chi connectivity index (χ2v) is 14.1. The number of H-pyrrole nitrogens is 1. The van der Waals surface area contributed by atoms with Crippen LogP contribution in [-0.2, 0) is 44.7 Å². The molecule has 1 aliphatic heterocycles. The first-order valence-corrected chi connectivity index (χ1v) is 18.8. The fraction of sp³-hybridized carbons (Fsp3) is 0.476. The molecule has 0 radical (unpaired) electrons. The Kier molecular flexibility index (Phi) is 14.5. The Morgan fingerprint density at radius 1 is 0.852 bits per heavy atom. The van der Waals surface area contributed by atoms with Gasteiger partial charge in [0.2, 0.25) is 0 Å². The molecule has 12 heteroatoms. The van der Waals surface area contributed by atoms with Crippen LogP contribution in [0.2, 0.25) is 0 Å². The van der Waals surface area contributed by atoms with E-state index in [1.165, 1.54) is 56.9 Å². The number of Topliss-reactive ketones (excluding diaryl/α,β-unsaturated/α-hetero) is 2. The third-order valence-electron chi connectivity index (χ3n) is 9.72. The van der Waals surface area contributed by atoms with Gasteiger partial charge >= 0.3 is 17.6 Å². The summed E-state index contributed by atoms with van der Waals surface area (Å²) in [6.45, 7) is 5.06. The van der Waals surface area contributed by atoms with Gasteiger partial charge in [-0.15, -0.1) is 0 Å². The highest BCUT2D eigenvalue weighted by molar-refractivity contribution is 6.11. The topological polar surface area (TPSA) is 160 Å². The summed E-state index contributed by atoms with van der Waals surface area (Å²) >= 11 is 0. The van der Waals surface area contributed by atoms with Gasteiger partial charge in [-0.1, -0.05) is 67.8 Å². The summed E-state index contributed by atoms with van der Waals surface area (Å²) in [6, 6.07) is 15.3. The second-order valence-electron chi connectivity index (χ2n) is 14.1. The van der Waals surface area contributed by atoms with Crippen LogP contribution in [0, 0.1) is 6.92 Å². The first-order valence-electron chi connectivity index (χ1n) is 18.8. The molecule has 1 fully saturated rings. The lowest BCUT2D eigenvalue weighted by Gasteiger charge is -2.19. The van der Waals surface area contributed by atoms with Crippen LogP contribution in [0.1, 0.15) is 102 Å². The van der Waals surface area contributed by atoms with Crippen LogP contribution in [0.5, 0.6) is 0 Å². The van der Waals surface area contributed by atoms with Crippen LogP contribution >= 0.6 is 0 Å². The third-order valence-corrected chi connectivity index (χ3v) is 9.72. The molecule has 1 aliphatic rings. The predicted octanol–water partition coefficient (Wildman–Crippen LogP) is 5.69. The Morgan fingerprint density at radius 2 is 1.54 bits per heavy atom. The summed E-state index contributed by atoms with van der Waals surface area (Å²) in [7, 11) is 0. The minimum Gasteiger partial charge on any atom is -0.463 e. The van der Waals surface area contributed by atoms with E-state index in [2.05, 4.69) is 60.4 Å². The molecule has 0 saturated carbocycles. The van der Waals surface area contributed by atoms with E-state index in [9.17, 15) is 28.8 Å². The van der Waals surface area contributed by atoms with E-state index in [0.717, 1.165) is 38.5 Å². The van der Waals surface area contributed by atoms with Gasteiger partial charge in [0.25, 0.3) is 5.56 Å². The summed E-state index contributed by atoms with van der Waals surface area (Å²) in [5.41, 5.74) is 0.224. The number of rotatable bonds is 20. The maximum absolute atomic E-state index is 12.8. The summed E-state index contributed by atoms with van der Waals surface area (Å²) in [5.74, 6) is -1.59. The lowest BCUT2D eigenvalue weighted by atomic mass is 9.95. The Bertz CT molecular complexity index is 2120. The van der Waals surface area contributed by atoms with E-state index in [-0.39, 0.29) is 62.4 Å². The molecule has 1 saturated heterocycles. The Morgan fingerprint density at radius 3 is 2.28 bits per heavy atom. The fourth-order valence-electron chi connectivity index (χ4n) is 6.79. The first-order chi connectivity index (χ1) is 26.0. The molecule has 54 heavy (non-hydrogen) atoms. The Balaban J connectivity index is 1.09. The molecule has 2 heterocycles. The monoisotopic (exact) mass is 742 g/mol. The smallest absolute Gasteiger partial charge is 0.330 e. The van der Waals surface area contributed by atoms with Crippen LogP contribution in [0.4, 0.5) is 0 Å².